The predicted octanol–water partition coefficient (Wildman–Crippen LogP) is -0.640. The van der Waals surface area contributed by atoms with Crippen LogP contribution in [0, 0.1) is 5.92 Å². The molecule has 6 heteroatoms. The summed E-state index contributed by atoms with van der Waals surface area (Å²) < 4.78 is 27.3. The van der Waals surface area contributed by atoms with Gasteiger partial charge in [0.05, 0.1) is 18.5 Å². The molecule has 0 spiro atoms. The van der Waals surface area contributed by atoms with Crippen LogP contribution >= 0.6 is 0 Å². The van der Waals surface area contributed by atoms with Crippen molar-refractivity contribution >= 4 is 9.84 Å². The second-order valence-corrected chi connectivity index (χ2v) is 6.84. The minimum atomic E-state index is -2.91. The van der Waals surface area contributed by atoms with Crippen LogP contribution in [0.5, 0.6) is 0 Å². The van der Waals surface area contributed by atoms with Crippen LogP contribution in [-0.4, -0.2) is 69.9 Å². The summed E-state index contributed by atoms with van der Waals surface area (Å²) in [4.78, 5) is 1.93. The highest BCUT2D eigenvalue weighted by Gasteiger charge is 2.24. The molecule has 1 aliphatic rings. The zero-order valence-electron chi connectivity index (χ0n) is 9.92. The van der Waals surface area contributed by atoms with E-state index in [9.17, 15) is 13.5 Å². The lowest BCUT2D eigenvalue weighted by Gasteiger charge is -2.31. The Kier molecular flexibility index (Phi) is 5.17. The zero-order valence-corrected chi connectivity index (χ0v) is 10.7. The molecule has 1 aliphatic heterocycles. The maximum absolute atomic E-state index is 11.0. The molecule has 1 saturated heterocycles. The van der Waals surface area contributed by atoms with Gasteiger partial charge in [0, 0.05) is 31.9 Å². The van der Waals surface area contributed by atoms with Crippen LogP contribution in [0.1, 0.15) is 6.42 Å². The Morgan fingerprint density at radius 1 is 1.50 bits per heavy atom. The van der Waals surface area contributed by atoms with Gasteiger partial charge in [0.15, 0.2) is 0 Å². The van der Waals surface area contributed by atoms with Gasteiger partial charge in [-0.05, 0) is 13.5 Å². The molecule has 0 aromatic rings. The average molecular weight is 251 g/mol. The molecule has 0 amide bonds. The topological polar surface area (TPSA) is 66.8 Å². The van der Waals surface area contributed by atoms with E-state index < -0.39 is 9.84 Å². The van der Waals surface area contributed by atoms with Crippen LogP contribution in [-0.2, 0) is 14.6 Å². The van der Waals surface area contributed by atoms with Crippen molar-refractivity contribution in [3.8, 4) is 0 Å². The molecule has 0 aromatic carbocycles. The fourth-order valence-corrected chi connectivity index (χ4v) is 2.42. The molecule has 1 N–H and O–H groups in total. The number of aliphatic hydroxyl groups excluding tert-OH is 1. The molecule has 1 heterocycles. The van der Waals surface area contributed by atoms with E-state index >= 15 is 0 Å². The molecule has 0 saturated carbocycles. The standard InChI is InChI=1S/C10H21NO4S/c1-11(4-6-16(2,13)14)7-9-8-15-5-3-10(9)12/h9-10,12H,3-8H2,1-2H3. The summed E-state index contributed by atoms with van der Waals surface area (Å²) >= 11 is 0. The third kappa shape index (κ3) is 5.25. The predicted molar refractivity (Wildman–Crippen MR) is 62.1 cm³/mol. The van der Waals surface area contributed by atoms with E-state index in [1.54, 1.807) is 0 Å². The van der Waals surface area contributed by atoms with E-state index in [0.29, 0.717) is 32.7 Å². The van der Waals surface area contributed by atoms with Gasteiger partial charge in [0.25, 0.3) is 0 Å². The molecule has 1 fully saturated rings. The van der Waals surface area contributed by atoms with Crippen LogP contribution in [0.25, 0.3) is 0 Å². The quantitative estimate of drug-likeness (QED) is 0.704. The van der Waals surface area contributed by atoms with Gasteiger partial charge >= 0.3 is 0 Å². The molecule has 0 aliphatic carbocycles. The molecule has 2 atom stereocenters. The first kappa shape index (κ1) is 13.9. The Labute approximate surface area is 97.3 Å². The zero-order chi connectivity index (χ0) is 12.2. The highest BCUT2D eigenvalue weighted by molar-refractivity contribution is 7.90. The summed E-state index contributed by atoms with van der Waals surface area (Å²) in [5, 5.41) is 9.72. The lowest BCUT2D eigenvalue weighted by atomic mass is 9.98. The van der Waals surface area contributed by atoms with Crippen molar-refractivity contribution < 1.29 is 18.3 Å². The number of ether oxygens (including phenoxy) is 1. The SMILES string of the molecule is CN(CCS(C)(=O)=O)CC1COCCC1O. The minimum absolute atomic E-state index is 0.0957. The largest absolute Gasteiger partial charge is 0.393 e. The van der Waals surface area contributed by atoms with Crippen molar-refractivity contribution in [3.05, 3.63) is 0 Å². The second-order valence-electron chi connectivity index (χ2n) is 4.58. The second kappa shape index (κ2) is 5.95. The van der Waals surface area contributed by atoms with Gasteiger partial charge < -0.3 is 14.7 Å². The van der Waals surface area contributed by atoms with Crippen LogP contribution in [0.3, 0.4) is 0 Å². The molecule has 96 valence electrons. The van der Waals surface area contributed by atoms with E-state index in [0.717, 1.165) is 0 Å². The van der Waals surface area contributed by atoms with E-state index in [4.69, 9.17) is 4.74 Å². The highest BCUT2D eigenvalue weighted by atomic mass is 32.2. The van der Waals surface area contributed by atoms with Gasteiger partial charge in [0.1, 0.15) is 9.84 Å². The third-order valence-corrected chi connectivity index (χ3v) is 3.75. The first-order chi connectivity index (χ1) is 7.38. The molecule has 1 rings (SSSR count). The summed E-state index contributed by atoms with van der Waals surface area (Å²) in [5.41, 5.74) is 0. The average Bonchev–Trinajstić information content (AvgIpc) is 2.18. The summed E-state index contributed by atoms with van der Waals surface area (Å²) in [6.45, 7) is 2.36. The lowest BCUT2D eigenvalue weighted by Crippen LogP contribution is -2.40. The minimum Gasteiger partial charge on any atom is -0.393 e. The van der Waals surface area contributed by atoms with Crippen molar-refractivity contribution in [2.75, 3.05) is 45.4 Å². The number of nitrogens with zero attached hydrogens (tertiary/aromatic N) is 1. The number of aliphatic hydroxyl groups is 1. The normalized spacial score (nSPS) is 27.2. The van der Waals surface area contributed by atoms with Gasteiger partial charge in [0.2, 0.25) is 0 Å². The first-order valence-electron chi connectivity index (χ1n) is 5.50. The van der Waals surface area contributed by atoms with Crippen molar-refractivity contribution in [2.45, 2.75) is 12.5 Å². The van der Waals surface area contributed by atoms with E-state index in [1.165, 1.54) is 6.26 Å². The third-order valence-electron chi connectivity index (χ3n) is 2.82. The van der Waals surface area contributed by atoms with E-state index in [-0.39, 0.29) is 17.8 Å². The molecule has 0 radical (unpaired) electrons. The van der Waals surface area contributed by atoms with Crippen molar-refractivity contribution in [3.63, 3.8) is 0 Å². The lowest BCUT2D eigenvalue weighted by molar-refractivity contribution is -0.0440. The van der Waals surface area contributed by atoms with Gasteiger partial charge in [-0.2, -0.15) is 0 Å². The number of sulfone groups is 1. The molecule has 2 unspecified atom stereocenters. The maximum atomic E-state index is 11.0. The fraction of sp³-hybridized carbons (Fsp3) is 1.00. The molecule has 0 bridgehead atoms. The van der Waals surface area contributed by atoms with Crippen LogP contribution in [0.2, 0.25) is 0 Å². The van der Waals surface area contributed by atoms with Crippen molar-refractivity contribution in [2.24, 2.45) is 5.92 Å². The summed E-state index contributed by atoms with van der Waals surface area (Å²) in [7, 11) is -1.04. The van der Waals surface area contributed by atoms with Crippen LogP contribution in [0.15, 0.2) is 0 Å². The molecule has 5 nitrogen and oxygen atoms in total. The van der Waals surface area contributed by atoms with E-state index in [2.05, 4.69) is 0 Å². The summed E-state index contributed by atoms with van der Waals surface area (Å²) in [6, 6.07) is 0. The smallest absolute Gasteiger partial charge is 0.148 e. The number of hydrogen-bond donors (Lipinski definition) is 1. The number of hydrogen-bond acceptors (Lipinski definition) is 5. The highest BCUT2D eigenvalue weighted by Crippen LogP contribution is 2.15. The fourth-order valence-electron chi connectivity index (χ4n) is 1.77. The van der Waals surface area contributed by atoms with Gasteiger partial charge in [-0.25, -0.2) is 8.42 Å². The number of rotatable bonds is 5. The Balaban J connectivity index is 2.30. The monoisotopic (exact) mass is 251 g/mol. The Morgan fingerprint density at radius 2 is 2.19 bits per heavy atom. The first-order valence-corrected chi connectivity index (χ1v) is 7.56. The van der Waals surface area contributed by atoms with E-state index in [1.807, 2.05) is 11.9 Å². The Hall–Kier alpha value is -0.170. The molecule has 16 heavy (non-hydrogen) atoms. The Bertz CT molecular complexity index is 304. The molecular formula is C10H21NO4S. The van der Waals surface area contributed by atoms with Gasteiger partial charge in [-0.3, -0.25) is 0 Å². The van der Waals surface area contributed by atoms with Crippen LogP contribution < -0.4 is 0 Å². The van der Waals surface area contributed by atoms with Gasteiger partial charge in [-0.1, -0.05) is 0 Å². The van der Waals surface area contributed by atoms with Gasteiger partial charge in [-0.15, -0.1) is 0 Å². The van der Waals surface area contributed by atoms with Crippen molar-refractivity contribution in [1.82, 2.24) is 4.90 Å². The Morgan fingerprint density at radius 3 is 2.75 bits per heavy atom. The summed E-state index contributed by atoms with van der Waals surface area (Å²) in [5.74, 6) is 0.256. The van der Waals surface area contributed by atoms with Crippen LogP contribution in [0.4, 0.5) is 0 Å². The molecular weight excluding hydrogens is 230 g/mol. The molecule has 0 aromatic heterocycles. The van der Waals surface area contributed by atoms with Crippen molar-refractivity contribution in [1.29, 1.82) is 0 Å². The summed E-state index contributed by atoms with van der Waals surface area (Å²) in [6.07, 6.45) is 1.58. The maximum Gasteiger partial charge on any atom is 0.148 e.